The SMILES string of the molecule is Cc1c(CN2C(=O)C(=O)N(C(C)C)C2=O)noc1-c1ccc(F)cc1. The van der Waals surface area contributed by atoms with E-state index in [4.69, 9.17) is 4.52 Å². The molecular weight excluding hydrogens is 329 g/mol. The molecule has 1 aromatic carbocycles. The van der Waals surface area contributed by atoms with Gasteiger partial charge in [-0.05, 0) is 45.0 Å². The molecule has 7 nitrogen and oxygen atoms in total. The normalized spacial score (nSPS) is 15.0. The Hall–Kier alpha value is -3.03. The van der Waals surface area contributed by atoms with Crippen LogP contribution in [-0.4, -0.2) is 38.8 Å². The summed E-state index contributed by atoms with van der Waals surface area (Å²) >= 11 is 0. The highest BCUT2D eigenvalue weighted by Crippen LogP contribution is 2.27. The third kappa shape index (κ3) is 2.79. The van der Waals surface area contributed by atoms with E-state index in [2.05, 4.69) is 5.16 Å². The molecule has 1 aromatic heterocycles. The van der Waals surface area contributed by atoms with Gasteiger partial charge in [0.2, 0.25) is 0 Å². The number of halogens is 1. The number of urea groups is 1. The summed E-state index contributed by atoms with van der Waals surface area (Å²) in [6.45, 7) is 4.86. The van der Waals surface area contributed by atoms with Crippen molar-refractivity contribution in [2.75, 3.05) is 0 Å². The number of carbonyl (C=O) groups is 3. The van der Waals surface area contributed by atoms with Crippen molar-refractivity contribution >= 4 is 17.8 Å². The largest absolute Gasteiger partial charge is 0.356 e. The number of nitrogens with zero attached hydrogens (tertiary/aromatic N) is 3. The number of hydrogen-bond acceptors (Lipinski definition) is 5. The Morgan fingerprint density at radius 3 is 2.32 bits per heavy atom. The van der Waals surface area contributed by atoms with Gasteiger partial charge in [0, 0.05) is 17.2 Å². The number of benzene rings is 1. The van der Waals surface area contributed by atoms with Gasteiger partial charge in [0.05, 0.1) is 6.54 Å². The molecule has 1 saturated heterocycles. The van der Waals surface area contributed by atoms with Crippen molar-refractivity contribution in [2.24, 2.45) is 0 Å². The first-order valence-corrected chi connectivity index (χ1v) is 7.71. The van der Waals surface area contributed by atoms with Crippen molar-refractivity contribution < 1.29 is 23.3 Å². The molecule has 0 aliphatic carbocycles. The van der Waals surface area contributed by atoms with Gasteiger partial charge >= 0.3 is 17.8 Å². The van der Waals surface area contributed by atoms with Crippen LogP contribution in [0.15, 0.2) is 28.8 Å². The van der Waals surface area contributed by atoms with E-state index in [0.29, 0.717) is 22.6 Å². The van der Waals surface area contributed by atoms with Crippen molar-refractivity contribution in [1.29, 1.82) is 0 Å². The maximum absolute atomic E-state index is 13.0. The molecule has 0 saturated carbocycles. The molecule has 0 radical (unpaired) electrons. The van der Waals surface area contributed by atoms with Gasteiger partial charge in [-0.2, -0.15) is 0 Å². The lowest BCUT2D eigenvalue weighted by molar-refractivity contribution is -0.144. The van der Waals surface area contributed by atoms with Crippen LogP contribution in [0.5, 0.6) is 0 Å². The zero-order valence-electron chi connectivity index (χ0n) is 13.9. The summed E-state index contributed by atoms with van der Waals surface area (Å²) in [5, 5.41) is 3.90. The summed E-state index contributed by atoms with van der Waals surface area (Å²) in [5.41, 5.74) is 1.60. The molecule has 0 atom stereocenters. The molecule has 8 heteroatoms. The van der Waals surface area contributed by atoms with Gasteiger partial charge < -0.3 is 4.52 Å². The first-order chi connectivity index (χ1) is 11.8. The summed E-state index contributed by atoms with van der Waals surface area (Å²) in [7, 11) is 0. The van der Waals surface area contributed by atoms with Crippen LogP contribution in [0.3, 0.4) is 0 Å². The van der Waals surface area contributed by atoms with Crippen LogP contribution < -0.4 is 0 Å². The van der Waals surface area contributed by atoms with Gasteiger partial charge in [-0.1, -0.05) is 5.16 Å². The summed E-state index contributed by atoms with van der Waals surface area (Å²) in [6.07, 6.45) is 0. The maximum Gasteiger partial charge on any atom is 0.334 e. The minimum atomic E-state index is -0.885. The predicted molar refractivity (Wildman–Crippen MR) is 84.6 cm³/mol. The minimum absolute atomic E-state index is 0.164. The van der Waals surface area contributed by atoms with Gasteiger partial charge in [0.15, 0.2) is 5.76 Å². The molecular formula is C17H16FN3O4. The molecule has 3 rings (SSSR count). The van der Waals surface area contributed by atoms with E-state index in [9.17, 15) is 18.8 Å². The molecule has 0 unspecified atom stereocenters. The number of aromatic nitrogens is 1. The number of rotatable bonds is 4. The van der Waals surface area contributed by atoms with E-state index in [1.54, 1.807) is 32.9 Å². The van der Waals surface area contributed by atoms with Gasteiger partial charge in [-0.25, -0.2) is 14.1 Å². The zero-order chi connectivity index (χ0) is 18.3. The maximum atomic E-state index is 13.0. The van der Waals surface area contributed by atoms with Crippen molar-refractivity contribution in [3.63, 3.8) is 0 Å². The van der Waals surface area contributed by atoms with Crippen LogP contribution in [0.2, 0.25) is 0 Å². The second-order valence-electron chi connectivity index (χ2n) is 6.03. The van der Waals surface area contributed by atoms with Gasteiger partial charge in [0.1, 0.15) is 11.5 Å². The summed E-state index contributed by atoms with van der Waals surface area (Å²) in [6, 6.07) is 4.59. The molecule has 25 heavy (non-hydrogen) atoms. The van der Waals surface area contributed by atoms with Crippen LogP contribution in [-0.2, 0) is 16.1 Å². The fourth-order valence-electron chi connectivity index (χ4n) is 2.65. The number of carbonyl (C=O) groups excluding carboxylic acids is 3. The molecule has 0 bridgehead atoms. The average molecular weight is 345 g/mol. The van der Waals surface area contributed by atoms with Crippen molar-refractivity contribution in [3.8, 4) is 11.3 Å². The average Bonchev–Trinajstić information content (AvgIpc) is 3.02. The molecule has 130 valence electrons. The quantitative estimate of drug-likeness (QED) is 0.628. The lowest BCUT2D eigenvalue weighted by Crippen LogP contribution is -2.38. The van der Waals surface area contributed by atoms with E-state index in [1.165, 1.54) is 12.1 Å². The third-order valence-electron chi connectivity index (χ3n) is 4.04. The highest BCUT2D eigenvalue weighted by Gasteiger charge is 2.46. The fourth-order valence-corrected chi connectivity index (χ4v) is 2.65. The lowest BCUT2D eigenvalue weighted by atomic mass is 10.1. The molecule has 0 N–H and O–H groups in total. The standard InChI is InChI=1S/C17H16FN3O4/c1-9(2)21-16(23)15(22)20(17(21)24)8-13-10(3)14(25-19-13)11-4-6-12(18)7-5-11/h4-7,9H,8H2,1-3H3. The summed E-state index contributed by atoms with van der Waals surface area (Å²) in [5.74, 6) is -1.69. The van der Waals surface area contributed by atoms with E-state index in [-0.39, 0.29) is 12.4 Å². The van der Waals surface area contributed by atoms with Gasteiger partial charge in [0.25, 0.3) is 0 Å². The van der Waals surface area contributed by atoms with Gasteiger partial charge in [-0.15, -0.1) is 0 Å². The Labute approximate surface area is 143 Å². The Morgan fingerprint density at radius 2 is 1.76 bits per heavy atom. The number of hydrogen-bond donors (Lipinski definition) is 0. The first kappa shape index (κ1) is 16.8. The molecule has 0 spiro atoms. The van der Waals surface area contributed by atoms with Crippen LogP contribution in [0.25, 0.3) is 11.3 Å². The molecule has 4 amide bonds. The Balaban J connectivity index is 1.87. The van der Waals surface area contributed by atoms with Crippen LogP contribution in [0.1, 0.15) is 25.1 Å². The second kappa shape index (κ2) is 6.12. The Morgan fingerprint density at radius 1 is 1.12 bits per heavy atom. The minimum Gasteiger partial charge on any atom is -0.356 e. The van der Waals surface area contributed by atoms with Crippen molar-refractivity contribution in [2.45, 2.75) is 33.4 Å². The fraction of sp³-hybridized carbons (Fsp3) is 0.294. The van der Waals surface area contributed by atoms with Crippen molar-refractivity contribution in [3.05, 3.63) is 41.3 Å². The third-order valence-corrected chi connectivity index (χ3v) is 4.04. The summed E-state index contributed by atoms with van der Waals surface area (Å²) < 4.78 is 18.3. The molecule has 2 aromatic rings. The topological polar surface area (TPSA) is 83.7 Å². The lowest BCUT2D eigenvalue weighted by Gasteiger charge is -2.17. The Bertz CT molecular complexity index is 857. The summed E-state index contributed by atoms with van der Waals surface area (Å²) in [4.78, 5) is 38.1. The van der Waals surface area contributed by atoms with E-state index < -0.39 is 23.9 Å². The highest BCUT2D eigenvalue weighted by molar-refractivity contribution is 6.44. The first-order valence-electron chi connectivity index (χ1n) is 7.71. The van der Waals surface area contributed by atoms with Crippen LogP contribution in [0, 0.1) is 12.7 Å². The van der Waals surface area contributed by atoms with E-state index >= 15 is 0 Å². The number of imide groups is 2. The Kier molecular flexibility index (Phi) is 4.12. The van der Waals surface area contributed by atoms with Crippen LogP contribution >= 0.6 is 0 Å². The van der Waals surface area contributed by atoms with E-state index in [1.807, 2.05) is 0 Å². The van der Waals surface area contributed by atoms with Crippen LogP contribution in [0.4, 0.5) is 9.18 Å². The number of amides is 4. The predicted octanol–water partition coefficient (Wildman–Crippen LogP) is 2.49. The van der Waals surface area contributed by atoms with E-state index in [0.717, 1.165) is 9.80 Å². The van der Waals surface area contributed by atoms with Gasteiger partial charge in [-0.3, -0.25) is 14.5 Å². The molecule has 1 aliphatic rings. The zero-order valence-corrected chi connectivity index (χ0v) is 13.9. The molecule has 2 heterocycles. The monoisotopic (exact) mass is 345 g/mol. The molecule has 1 fully saturated rings. The molecule has 1 aliphatic heterocycles. The van der Waals surface area contributed by atoms with Crippen molar-refractivity contribution in [1.82, 2.24) is 15.0 Å². The second-order valence-corrected chi connectivity index (χ2v) is 6.03. The smallest absolute Gasteiger partial charge is 0.334 e. The highest BCUT2D eigenvalue weighted by atomic mass is 19.1.